The molecular weight excluding hydrogens is 653 g/mol. The van der Waals surface area contributed by atoms with E-state index in [9.17, 15) is 19.0 Å². The van der Waals surface area contributed by atoms with Crippen molar-refractivity contribution in [2.45, 2.75) is 200 Å². The number of hydrogen-bond donors (Lipinski definition) is 0. The molecule has 50 heavy (non-hydrogen) atoms. The van der Waals surface area contributed by atoms with Crippen LogP contribution in [0.5, 0.6) is 0 Å². The maximum Gasteiger partial charge on any atom is 0.306 e. The number of esters is 2. The standard InChI is InChI=1S/C40H80NO8P/c1-6-8-10-12-14-16-17-18-19-20-21-22-23-24-25-27-29-31-33-40(43)49-38(37-48-50(44,45)47-35-34-41(3,4)5)36-46-39(42)32-30-28-26-15-13-11-9-7-2/h38H,6-37H2,1-5H3. The molecule has 0 radical (unpaired) electrons. The van der Waals surface area contributed by atoms with Gasteiger partial charge < -0.3 is 27.9 Å². The van der Waals surface area contributed by atoms with Crippen LogP contribution >= 0.6 is 7.82 Å². The highest BCUT2D eigenvalue weighted by molar-refractivity contribution is 7.45. The SMILES string of the molecule is CCCCCCCCCCCCCCCCCCCCC(=O)OC(COC(=O)CCCCCCCCCC)COP(=O)([O-])OCC[N+](C)(C)C. The van der Waals surface area contributed by atoms with E-state index in [1.165, 1.54) is 128 Å². The fourth-order valence-corrected chi connectivity index (χ4v) is 6.56. The smallest absolute Gasteiger partial charge is 0.306 e. The summed E-state index contributed by atoms with van der Waals surface area (Å²) in [5, 5.41) is 0. The first kappa shape index (κ1) is 49.0. The quantitative estimate of drug-likeness (QED) is 0.0267. The van der Waals surface area contributed by atoms with Crippen LogP contribution in [-0.4, -0.2) is 70.0 Å². The molecule has 0 rings (SSSR count). The molecule has 0 aromatic rings. The van der Waals surface area contributed by atoms with Gasteiger partial charge >= 0.3 is 11.9 Å². The molecule has 0 aromatic heterocycles. The van der Waals surface area contributed by atoms with Crippen molar-refractivity contribution in [3.8, 4) is 0 Å². The summed E-state index contributed by atoms with van der Waals surface area (Å²) >= 11 is 0. The Kier molecular flexibility index (Phi) is 33.2. The maximum atomic E-state index is 12.6. The number of rotatable bonds is 38. The van der Waals surface area contributed by atoms with Crippen LogP contribution < -0.4 is 4.89 Å². The fourth-order valence-electron chi connectivity index (χ4n) is 5.83. The van der Waals surface area contributed by atoms with Gasteiger partial charge in [0.15, 0.2) is 6.10 Å². The zero-order chi connectivity index (χ0) is 37.2. The van der Waals surface area contributed by atoms with Gasteiger partial charge in [-0.1, -0.05) is 168 Å². The lowest BCUT2D eigenvalue weighted by Gasteiger charge is -2.28. The van der Waals surface area contributed by atoms with Crippen LogP contribution in [0.25, 0.3) is 0 Å². The number of phosphoric acid groups is 1. The van der Waals surface area contributed by atoms with Crippen LogP contribution in [0.2, 0.25) is 0 Å². The summed E-state index contributed by atoms with van der Waals surface area (Å²) in [7, 11) is 1.18. The number of likely N-dealkylation sites (N-methyl/N-ethyl adjacent to an activating group) is 1. The van der Waals surface area contributed by atoms with Crippen molar-refractivity contribution in [2.75, 3.05) is 47.5 Å². The molecule has 10 heteroatoms. The molecule has 0 bridgehead atoms. The van der Waals surface area contributed by atoms with Gasteiger partial charge in [-0.2, -0.15) is 0 Å². The highest BCUT2D eigenvalue weighted by Crippen LogP contribution is 2.38. The molecule has 0 saturated carbocycles. The average molecular weight is 734 g/mol. The molecule has 0 aromatic carbocycles. The maximum absolute atomic E-state index is 12.6. The first-order valence-electron chi connectivity index (χ1n) is 20.7. The van der Waals surface area contributed by atoms with Gasteiger partial charge in [-0.25, -0.2) is 0 Å². The van der Waals surface area contributed by atoms with E-state index in [0.29, 0.717) is 17.4 Å². The van der Waals surface area contributed by atoms with Gasteiger partial charge in [0.1, 0.15) is 19.8 Å². The first-order valence-corrected chi connectivity index (χ1v) is 22.2. The van der Waals surface area contributed by atoms with Crippen LogP contribution in [0.15, 0.2) is 0 Å². The molecule has 298 valence electrons. The third kappa shape index (κ3) is 36.8. The van der Waals surface area contributed by atoms with Gasteiger partial charge in [0.25, 0.3) is 7.82 Å². The molecule has 0 aliphatic carbocycles. The summed E-state index contributed by atoms with van der Waals surface area (Å²) in [6.45, 7) is 4.21. The normalized spacial score (nSPS) is 13.6. The number of phosphoric ester groups is 1. The summed E-state index contributed by atoms with van der Waals surface area (Å²) in [5.74, 6) is -0.828. The molecule has 0 heterocycles. The zero-order valence-electron chi connectivity index (χ0n) is 33.4. The first-order chi connectivity index (χ1) is 24.0. The van der Waals surface area contributed by atoms with Crippen LogP contribution in [0.3, 0.4) is 0 Å². The van der Waals surface area contributed by atoms with Crippen molar-refractivity contribution in [3.63, 3.8) is 0 Å². The monoisotopic (exact) mass is 734 g/mol. The van der Waals surface area contributed by atoms with Crippen LogP contribution in [0.1, 0.15) is 194 Å². The third-order valence-electron chi connectivity index (χ3n) is 9.13. The second-order valence-corrected chi connectivity index (χ2v) is 16.8. The third-order valence-corrected chi connectivity index (χ3v) is 10.1. The van der Waals surface area contributed by atoms with Crippen LogP contribution in [0, 0.1) is 0 Å². The Hall–Kier alpha value is -0.990. The van der Waals surface area contributed by atoms with Crippen molar-refractivity contribution in [1.29, 1.82) is 0 Å². The largest absolute Gasteiger partial charge is 0.756 e. The summed E-state index contributed by atoms with van der Waals surface area (Å²) in [6.07, 6.45) is 31.4. The highest BCUT2D eigenvalue weighted by atomic mass is 31.2. The molecule has 2 atom stereocenters. The van der Waals surface area contributed by atoms with E-state index in [2.05, 4.69) is 13.8 Å². The Bertz CT molecular complexity index is 835. The minimum Gasteiger partial charge on any atom is -0.756 e. The summed E-state index contributed by atoms with van der Waals surface area (Å²) in [6, 6.07) is 0. The van der Waals surface area contributed by atoms with E-state index in [-0.39, 0.29) is 32.0 Å². The fraction of sp³-hybridized carbons (Fsp3) is 0.950. The number of nitrogens with zero attached hydrogens (tertiary/aromatic N) is 1. The molecule has 2 unspecified atom stereocenters. The number of hydrogen-bond acceptors (Lipinski definition) is 8. The number of quaternary nitrogens is 1. The molecule has 0 aliphatic heterocycles. The average Bonchev–Trinajstić information content (AvgIpc) is 3.06. The van der Waals surface area contributed by atoms with E-state index in [0.717, 1.165) is 32.1 Å². The minimum absolute atomic E-state index is 0.0261. The Morgan fingerprint density at radius 2 is 0.900 bits per heavy atom. The van der Waals surface area contributed by atoms with Gasteiger partial charge in [-0.05, 0) is 12.8 Å². The van der Waals surface area contributed by atoms with Crippen molar-refractivity contribution in [3.05, 3.63) is 0 Å². The summed E-state index contributed by atoms with van der Waals surface area (Å²) in [5.41, 5.74) is 0. The molecule has 0 amide bonds. The number of ether oxygens (including phenoxy) is 2. The number of unbranched alkanes of at least 4 members (excludes halogenated alkanes) is 24. The zero-order valence-corrected chi connectivity index (χ0v) is 34.3. The van der Waals surface area contributed by atoms with Crippen molar-refractivity contribution < 1.29 is 42.1 Å². The highest BCUT2D eigenvalue weighted by Gasteiger charge is 2.21. The molecular formula is C40H80NO8P. The summed E-state index contributed by atoms with van der Waals surface area (Å²) < 4.78 is 33.7. The van der Waals surface area contributed by atoms with Crippen molar-refractivity contribution >= 4 is 19.8 Å². The minimum atomic E-state index is -4.61. The topological polar surface area (TPSA) is 111 Å². The Labute approximate surface area is 308 Å². The van der Waals surface area contributed by atoms with E-state index in [4.69, 9.17) is 18.5 Å². The lowest BCUT2D eigenvalue weighted by atomic mass is 10.0. The predicted octanol–water partition coefficient (Wildman–Crippen LogP) is 10.6. The molecule has 0 saturated heterocycles. The molecule has 0 N–H and O–H groups in total. The molecule has 0 aliphatic rings. The van der Waals surface area contributed by atoms with E-state index < -0.39 is 26.5 Å². The second-order valence-electron chi connectivity index (χ2n) is 15.4. The Morgan fingerprint density at radius 3 is 1.28 bits per heavy atom. The Balaban J connectivity index is 4.26. The van der Waals surface area contributed by atoms with E-state index in [1.54, 1.807) is 0 Å². The van der Waals surface area contributed by atoms with Gasteiger partial charge in [0.05, 0.1) is 27.7 Å². The van der Waals surface area contributed by atoms with Crippen molar-refractivity contribution in [1.82, 2.24) is 0 Å². The molecule has 9 nitrogen and oxygen atoms in total. The van der Waals surface area contributed by atoms with Gasteiger partial charge in [0, 0.05) is 12.8 Å². The molecule has 0 spiro atoms. The van der Waals surface area contributed by atoms with Gasteiger partial charge in [0.2, 0.25) is 0 Å². The second kappa shape index (κ2) is 33.8. The van der Waals surface area contributed by atoms with E-state index in [1.807, 2.05) is 21.1 Å². The van der Waals surface area contributed by atoms with Crippen LogP contribution in [-0.2, 0) is 32.7 Å². The summed E-state index contributed by atoms with van der Waals surface area (Å²) in [4.78, 5) is 37.3. The number of carbonyl (C=O) groups is 2. The molecule has 0 fully saturated rings. The Morgan fingerprint density at radius 1 is 0.540 bits per heavy atom. The lowest BCUT2D eigenvalue weighted by Crippen LogP contribution is -2.37. The van der Waals surface area contributed by atoms with Gasteiger partial charge in [-0.3, -0.25) is 14.2 Å². The van der Waals surface area contributed by atoms with Crippen LogP contribution in [0.4, 0.5) is 0 Å². The predicted molar refractivity (Wildman–Crippen MR) is 204 cm³/mol. The van der Waals surface area contributed by atoms with E-state index >= 15 is 0 Å². The number of carbonyl (C=O) groups excluding carboxylic acids is 2. The lowest BCUT2D eigenvalue weighted by molar-refractivity contribution is -0.870. The van der Waals surface area contributed by atoms with Crippen molar-refractivity contribution in [2.24, 2.45) is 0 Å². The van der Waals surface area contributed by atoms with Gasteiger partial charge in [-0.15, -0.1) is 0 Å².